The number of nitrogens with zero attached hydrogens (tertiary/aromatic N) is 3. The minimum atomic E-state index is 0.536. The van der Waals surface area contributed by atoms with E-state index < -0.39 is 0 Å². The number of rotatable bonds is 3. The molecule has 1 fully saturated rings. The van der Waals surface area contributed by atoms with E-state index >= 15 is 0 Å². The van der Waals surface area contributed by atoms with Crippen molar-refractivity contribution < 1.29 is 0 Å². The zero-order chi connectivity index (χ0) is 11.4. The molecule has 0 spiro atoms. The van der Waals surface area contributed by atoms with Crippen molar-refractivity contribution in [2.24, 2.45) is 15.9 Å². The first-order valence-electron chi connectivity index (χ1n) is 5.23. The van der Waals surface area contributed by atoms with Crippen molar-refractivity contribution in [2.45, 2.75) is 6.42 Å². The third-order valence-electron chi connectivity index (χ3n) is 2.56. The minimum Gasteiger partial charge on any atom is -0.375 e. The molecular formula is C10H15N5S. The Bertz CT molecular complexity index is 392. The molecule has 1 aliphatic heterocycles. The summed E-state index contributed by atoms with van der Waals surface area (Å²) in [4.78, 5) is 13.3. The number of hydrogen-bond donors (Lipinski definition) is 2. The number of anilines is 1. The predicted molar refractivity (Wildman–Crippen MR) is 68.5 cm³/mol. The second-order valence-corrected chi connectivity index (χ2v) is 4.81. The fourth-order valence-corrected chi connectivity index (χ4v) is 2.34. The zero-order valence-corrected chi connectivity index (χ0v) is 9.83. The number of nitrogens with two attached hydrogens (primary N) is 1. The summed E-state index contributed by atoms with van der Waals surface area (Å²) in [6.07, 6.45) is 2.87. The Balaban J connectivity index is 2.03. The van der Waals surface area contributed by atoms with E-state index in [-0.39, 0.29) is 0 Å². The fraction of sp³-hybridized carbons (Fsp3) is 0.500. The summed E-state index contributed by atoms with van der Waals surface area (Å²) in [7, 11) is 0. The summed E-state index contributed by atoms with van der Waals surface area (Å²) in [6, 6.07) is 0. The van der Waals surface area contributed by atoms with Gasteiger partial charge in [0, 0.05) is 6.54 Å². The normalized spacial score (nSPS) is 21.2. The molecule has 1 aliphatic rings. The van der Waals surface area contributed by atoms with Gasteiger partial charge in [-0.1, -0.05) is 11.3 Å². The smallest absolute Gasteiger partial charge is 0.180 e. The van der Waals surface area contributed by atoms with Gasteiger partial charge < -0.3 is 11.1 Å². The van der Waals surface area contributed by atoms with Crippen LogP contribution in [0.25, 0.3) is 0 Å². The van der Waals surface area contributed by atoms with Crippen LogP contribution in [0.4, 0.5) is 5.13 Å². The highest BCUT2D eigenvalue weighted by atomic mass is 32.1. The summed E-state index contributed by atoms with van der Waals surface area (Å²) >= 11 is 1.39. The van der Waals surface area contributed by atoms with Gasteiger partial charge in [-0.05, 0) is 32.1 Å². The maximum atomic E-state index is 5.57. The molecule has 0 aliphatic carbocycles. The van der Waals surface area contributed by atoms with Crippen LogP contribution in [-0.2, 0) is 0 Å². The summed E-state index contributed by atoms with van der Waals surface area (Å²) in [5.41, 5.74) is 5.57. The molecule has 5 nitrogen and oxygen atoms in total. The standard InChI is InChI=1S/C10H15N5S/c1-12-9(8-6-15-10(11)16-8)14-5-7-2-3-13-4-7/h6-7,13H,1-5H2,(H2,11,15). The van der Waals surface area contributed by atoms with Crippen LogP contribution in [0.3, 0.4) is 0 Å². The van der Waals surface area contributed by atoms with Gasteiger partial charge in [-0.2, -0.15) is 0 Å². The molecule has 0 bridgehead atoms. The second kappa shape index (κ2) is 5.18. The first kappa shape index (κ1) is 11.2. The van der Waals surface area contributed by atoms with Crippen LogP contribution < -0.4 is 11.1 Å². The third-order valence-corrected chi connectivity index (χ3v) is 3.38. The SMILES string of the molecule is C=NC(=NCC1CCNC1)c1cnc(N)s1. The lowest BCUT2D eigenvalue weighted by Crippen LogP contribution is -2.11. The third kappa shape index (κ3) is 2.65. The lowest BCUT2D eigenvalue weighted by atomic mass is 10.1. The molecule has 86 valence electrons. The average molecular weight is 237 g/mol. The molecule has 0 saturated carbocycles. The second-order valence-electron chi connectivity index (χ2n) is 3.74. The highest BCUT2D eigenvalue weighted by Gasteiger charge is 2.14. The molecule has 1 saturated heterocycles. The van der Waals surface area contributed by atoms with Gasteiger partial charge in [-0.25, -0.2) is 9.98 Å². The quantitative estimate of drug-likeness (QED) is 0.602. The molecule has 0 aromatic carbocycles. The first-order valence-corrected chi connectivity index (χ1v) is 6.05. The summed E-state index contributed by atoms with van der Waals surface area (Å²) < 4.78 is 0. The van der Waals surface area contributed by atoms with Gasteiger partial charge >= 0.3 is 0 Å². The van der Waals surface area contributed by atoms with Crippen LogP contribution in [0, 0.1) is 5.92 Å². The Labute approximate surface area is 98.5 Å². The Morgan fingerprint density at radius 2 is 2.62 bits per heavy atom. The molecule has 2 rings (SSSR count). The molecule has 1 unspecified atom stereocenters. The van der Waals surface area contributed by atoms with Gasteiger partial charge in [0.15, 0.2) is 11.0 Å². The summed E-state index contributed by atoms with van der Waals surface area (Å²) in [5.74, 6) is 1.27. The fourth-order valence-electron chi connectivity index (χ4n) is 1.68. The number of nitrogen functional groups attached to an aromatic ring is 1. The van der Waals surface area contributed by atoms with E-state index in [1.807, 2.05) is 0 Å². The van der Waals surface area contributed by atoms with Crippen molar-refractivity contribution in [3.63, 3.8) is 0 Å². The molecule has 2 heterocycles. The molecule has 1 aromatic heterocycles. The largest absolute Gasteiger partial charge is 0.375 e. The topological polar surface area (TPSA) is 75.7 Å². The first-order chi connectivity index (χ1) is 7.79. The molecule has 6 heteroatoms. The van der Waals surface area contributed by atoms with Crippen molar-refractivity contribution in [1.82, 2.24) is 10.3 Å². The summed E-state index contributed by atoms with van der Waals surface area (Å²) in [6.45, 7) is 6.45. The Morgan fingerprint density at radius 3 is 3.19 bits per heavy atom. The minimum absolute atomic E-state index is 0.536. The summed E-state index contributed by atoms with van der Waals surface area (Å²) in [5, 5.41) is 3.85. The van der Waals surface area contributed by atoms with Gasteiger partial charge in [-0.3, -0.25) is 4.99 Å². The predicted octanol–water partition coefficient (Wildman–Crippen LogP) is 0.782. The van der Waals surface area contributed by atoms with E-state index in [0.717, 1.165) is 24.5 Å². The Kier molecular flexibility index (Phi) is 3.63. The average Bonchev–Trinajstić information content (AvgIpc) is 2.91. The van der Waals surface area contributed by atoms with E-state index in [1.165, 1.54) is 17.8 Å². The van der Waals surface area contributed by atoms with Crippen molar-refractivity contribution >= 4 is 29.0 Å². The molecule has 16 heavy (non-hydrogen) atoms. The van der Waals surface area contributed by atoms with Crippen molar-refractivity contribution in [1.29, 1.82) is 0 Å². The van der Waals surface area contributed by atoms with E-state index in [2.05, 4.69) is 27.0 Å². The van der Waals surface area contributed by atoms with Crippen LogP contribution in [0.1, 0.15) is 11.3 Å². The highest BCUT2D eigenvalue weighted by Crippen LogP contribution is 2.16. The van der Waals surface area contributed by atoms with Gasteiger partial charge in [0.1, 0.15) is 0 Å². The van der Waals surface area contributed by atoms with E-state index in [0.29, 0.717) is 16.9 Å². The van der Waals surface area contributed by atoms with Crippen molar-refractivity contribution in [3.05, 3.63) is 11.1 Å². The monoisotopic (exact) mass is 237 g/mol. The maximum absolute atomic E-state index is 5.57. The molecular weight excluding hydrogens is 222 g/mol. The van der Waals surface area contributed by atoms with Crippen LogP contribution in [-0.4, -0.2) is 37.2 Å². The lowest BCUT2D eigenvalue weighted by molar-refractivity contribution is 0.597. The molecule has 1 atom stereocenters. The van der Waals surface area contributed by atoms with Crippen molar-refractivity contribution in [2.75, 3.05) is 25.4 Å². The number of aliphatic imine (C=N–C) groups is 2. The van der Waals surface area contributed by atoms with Crippen LogP contribution >= 0.6 is 11.3 Å². The van der Waals surface area contributed by atoms with Crippen LogP contribution in [0.5, 0.6) is 0 Å². The Hall–Kier alpha value is -1.27. The Morgan fingerprint density at radius 1 is 1.75 bits per heavy atom. The van der Waals surface area contributed by atoms with E-state index in [1.54, 1.807) is 6.20 Å². The van der Waals surface area contributed by atoms with Gasteiger partial charge in [-0.15, -0.1) is 0 Å². The van der Waals surface area contributed by atoms with E-state index in [4.69, 9.17) is 5.73 Å². The number of thiazole rings is 1. The number of nitrogens with one attached hydrogen (secondary N) is 1. The van der Waals surface area contributed by atoms with Crippen molar-refractivity contribution in [3.8, 4) is 0 Å². The number of aromatic nitrogens is 1. The highest BCUT2D eigenvalue weighted by molar-refractivity contribution is 7.17. The molecule has 0 radical (unpaired) electrons. The van der Waals surface area contributed by atoms with Gasteiger partial charge in [0.25, 0.3) is 0 Å². The number of amidine groups is 1. The van der Waals surface area contributed by atoms with Gasteiger partial charge in [0.05, 0.1) is 11.1 Å². The number of hydrogen-bond acceptors (Lipinski definition) is 5. The van der Waals surface area contributed by atoms with Crippen LogP contribution in [0.15, 0.2) is 16.2 Å². The van der Waals surface area contributed by atoms with Gasteiger partial charge in [0.2, 0.25) is 0 Å². The molecule has 3 N–H and O–H groups in total. The molecule has 1 aromatic rings. The zero-order valence-electron chi connectivity index (χ0n) is 9.02. The molecule has 0 amide bonds. The van der Waals surface area contributed by atoms with Crippen LogP contribution in [0.2, 0.25) is 0 Å². The lowest BCUT2D eigenvalue weighted by Gasteiger charge is -2.03. The maximum Gasteiger partial charge on any atom is 0.180 e. The van der Waals surface area contributed by atoms with E-state index in [9.17, 15) is 0 Å².